The van der Waals surface area contributed by atoms with Gasteiger partial charge in [-0.3, -0.25) is 0 Å². The summed E-state index contributed by atoms with van der Waals surface area (Å²) in [5.74, 6) is -1.72. The standard InChI is InChI=1S/C12H17N3O4/c1-15(2)7-6-13-12(19)14-9-5-3-4-8(10(9)16)11(17)18/h3-5,16H,6-7H2,1-2H3,(H,17,18)(H2,13,14,19). The minimum Gasteiger partial charge on any atom is -0.505 e. The van der Waals surface area contributed by atoms with Crippen molar-refractivity contribution < 1.29 is 19.8 Å². The molecule has 0 aliphatic carbocycles. The van der Waals surface area contributed by atoms with Gasteiger partial charge in [-0.1, -0.05) is 6.07 Å². The van der Waals surface area contributed by atoms with Gasteiger partial charge in [-0.15, -0.1) is 0 Å². The van der Waals surface area contributed by atoms with E-state index in [2.05, 4.69) is 10.6 Å². The molecule has 1 rings (SSSR count). The van der Waals surface area contributed by atoms with Crippen molar-refractivity contribution in [3.63, 3.8) is 0 Å². The minimum absolute atomic E-state index is 0.0576. The Morgan fingerprint density at radius 2 is 2.00 bits per heavy atom. The van der Waals surface area contributed by atoms with E-state index in [1.165, 1.54) is 18.2 Å². The molecular formula is C12H17N3O4. The Bertz CT molecular complexity index is 474. The molecule has 104 valence electrons. The molecule has 0 saturated heterocycles. The number of amides is 2. The highest BCUT2D eigenvalue weighted by molar-refractivity contribution is 5.97. The smallest absolute Gasteiger partial charge is 0.339 e. The third-order valence-electron chi connectivity index (χ3n) is 2.36. The highest BCUT2D eigenvalue weighted by Crippen LogP contribution is 2.27. The Morgan fingerprint density at radius 1 is 1.32 bits per heavy atom. The van der Waals surface area contributed by atoms with Gasteiger partial charge in [0, 0.05) is 13.1 Å². The number of phenols is 1. The number of benzene rings is 1. The Kier molecular flexibility index (Phi) is 5.13. The second-order valence-corrected chi connectivity index (χ2v) is 4.19. The zero-order valence-corrected chi connectivity index (χ0v) is 10.8. The van der Waals surface area contributed by atoms with Gasteiger partial charge >= 0.3 is 12.0 Å². The van der Waals surface area contributed by atoms with Crippen LogP contribution in [0, 0.1) is 0 Å². The van der Waals surface area contributed by atoms with E-state index < -0.39 is 17.7 Å². The van der Waals surface area contributed by atoms with Crippen molar-refractivity contribution in [2.45, 2.75) is 0 Å². The fraction of sp³-hybridized carbons (Fsp3) is 0.333. The van der Waals surface area contributed by atoms with E-state index in [-0.39, 0.29) is 11.3 Å². The van der Waals surface area contributed by atoms with E-state index in [1.54, 1.807) is 0 Å². The fourth-order valence-corrected chi connectivity index (χ4v) is 1.38. The van der Waals surface area contributed by atoms with Crippen molar-refractivity contribution in [3.05, 3.63) is 23.8 Å². The first-order valence-corrected chi connectivity index (χ1v) is 5.66. The Labute approximate surface area is 110 Å². The molecule has 7 heteroatoms. The summed E-state index contributed by atoms with van der Waals surface area (Å²) in [4.78, 5) is 24.2. The molecule has 0 fully saturated rings. The first kappa shape index (κ1) is 14.8. The van der Waals surface area contributed by atoms with Crippen LogP contribution < -0.4 is 10.6 Å². The molecular weight excluding hydrogens is 250 g/mol. The Hall–Kier alpha value is -2.28. The number of likely N-dealkylation sites (N-methyl/N-ethyl adjacent to an activating group) is 1. The molecule has 4 N–H and O–H groups in total. The van der Waals surface area contributed by atoms with Gasteiger partial charge in [0.25, 0.3) is 0 Å². The second-order valence-electron chi connectivity index (χ2n) is 4.19. The maximum atomic E-state index is 11.5. The number of nitrogens with zero attached hydrogens (tertiary/aromatic N) is 1. The van der Waals surface area contributed by atoms with Crippen LogP contribution in [0.3, 0.4) is 0 Å². The summed E-state index contributed by atoms with van der Waals surface area (Å²) in [5, 5.41) is 23.5. The van der Waals surface area contributed by atoms with Crippen LogP contribution in [0.4, 0.5) is 10.5 Å². The van der Waals surface area contributed by atoms with Crippen molar-refractivity contribution in [1.29, 1.82) is 0 Å². The number of urea groups is 1. The van der Waals surface area contributed by atoms with Crippen molar-refractivity contribution in [3.8, 4) is 5.75 Å². The molecule has 0 bridgehead atoms. The number of anilines is 1. The molecule has 0 heterocycles. The van der Waals surface area contributed by atoms with E-state index in [9.17, 15) is 14.7 Å². The van der Waals surface area contributed by atoms with Gasteiger partial charge in [-0.05, 0) is 26.2 Å². The molecule has 0 saturated carbocycles. The lowest BCUT2D eigenvalue weighted by atomic mass is 10.2. The van der Waals surface area contributed by atoms with E-state index in [1.807, 2.05) is 19.0 Å². The Balaban J connectivity index is 2.64. The van der Waals surface area contributed by atoms with Crippen LogP contribution in [-0.2, 0) is 0 Å². The molecule has 0 aliphatic heterocycles. The summed E-state index contributed by atoms with van der Waals surface area (Å²) in [6.45, 7) is 1.12. The van der Waals surface area contributed by atoms with Gasteiger partial charge in [0.15, 0.2) is 5.75 Å². The normalized spacial score (nSPS) is 10.3. The summed E-state index contributed by atoms with van der Waals surface area (Å²) >= 11 is 0. The highest BCUT2D eigenvalue weighted by atomic mass is 16.4. The molecule has 0 atom stereocenters. The molecule has 1 aromatic rings. The van der Waals surface area contributed by atoms with Crippen LogP contribution in [0.25, 0.3) is 0 Å². The number of carboxylic acids is 1. The summed E-state index contributed by atoms with van der Waals surface area (Å²) < 4.78 is 0. The lowest BCUT2D eigenvalue weighted by Gasteiger charge is -2.12. The van der Waals surface area contributed by atoms with E-state index in [0.717, 1.165) is 0 Å². The lowest BCUT2D eigenvalue weighted by molar-refractivity contribution is 0.0693. The number of aromatic hydroxyl groups is 1. The fourth-order valence-electron chi connectivity index (χ4n) is 1.38. The molecule has 0 spiro atoms. The van der Waals surface area contributed by atoms with Gasteiger partial charge in [-0.2, -0.15) is 0 Å². The van der Waals surface area contributed by atoms with Crippen LogP contribution in [0.2, 0.25) is 0 Å². The molecule has 19 heavy (non-hydrogen) atoms. The maximum Gasteiger partial charge on any atom is 0.339 e. The predicted octanol–water partition coefficient (Wildman–Crippen LogP) is 0.773. The summed E-state index contributed by atoms with van der Waals surface area (Å²) in [6.07, 6.45) is 0. The third kappa shape index (κ3) is 4.47. The van der Waals surface area contributed by atoms with Crippen LogP contribution in [0.15, 0.2) is 18.2 Å². The number of rotatable bonds is 5. The number of hydrogen-bond donors (Lipinski definition) is 4. The first-order chi connectivity index (χ1) is 8.91. The van der Waals surface area contributed by atoms with Gasteiger partial charge in [-0.25, -0.2) is 9.59 Å². The number of carboxylic acid groups (broad SMARTS) is 1. The largest absolute Gasteiger partial charge is 0.505 e. The molecule has 0 radical (unpaired) electrons. The second kappa shape index (κ2) is 6.60. The summed E-state index contributed by atoms with van der Waals surface area (Å²) in [5.41, 5.74) is -0.201. The number of aromatic carboxylic acids is 1. The van der Waals surface area contributed by atoms with Crippen molar-refractivity contribution in [2.75, 3.05) is 32.5 Å². The minimum atomic E-state index is -1.26. The molecule has 2 amide bonds. The monoisotopic (exact) mass is 267 g/mol. The predicted molar refractivity (Wildman–Crippen MR) is 70.6 cm³/mol. The average molecular weight is 267 g/mol. The van der Waals surface area contributed by atoms with Crippen LogP contribution in [0.1, 0.15) is 10.4 Å². The molecule has 7 nitrogen and oxygen atoms in total. The number of carbonyl (C=O) groups excluding carboxylic acids is 1. The molecule has 1 aromatic carbocycles. The van der Waals surface area contributed by atoms with E-state index >= 15 is 0 Å². The van der Waals surface area contributed by atoms with Crippen molar-refractivity contribution >= 4 is 17.7 Å². The third-order valence-corrected chi connectivity index (χ3v) is 2.36. The van der Waals surface area contributed by atoms with Gasteiger partial charge in [0.1, 0.15) is 5.56 Å². The van der Waals surface area contributed by atoms with Crippen LogP contribution >= 0.6 is 0 Å². The van der Waals surface area contributed by atoms with Gasteiger partial charge in [0.05, 0.1) is 5.69 Å². The highest BCUT2D eigenvalue weighted by Gasteiger charge is 2.14. The molecule has 0 unspecified atom stereocenters. The lowest BCUT2D eigenvalue weighted by Crippen LogP contribution is -2.34. The quantitative estimate of drug-likeness (QED) is 0.590. The SMILES string of the molecule is CN(C)CCNC(=O)Nc1cccc(C(=O)O)c1O. The van der Waals surface area contributed by atoms with Gasteiger partial charge in [0.2, 0.25) is 0 Å². The van der Waals surface area contributed by atoms with E-state index in [4.69, 9.17) is 5.11 Å². The zero-order valence-electron chi connectivity index (χ0n) is 10.8. The van der Waals surface area contributed by atoms with Crippen LogP contribution in [-0.4, -0.2) is 54.3 Å². The maximum absolute atomic E-state index is 11.5. The average Bonchev–Trinajstić information content (AvgIpc) is 2.31. The topological polar surface area (TPSA) is 102 Å². The molecule has 0 aromatic heterocycles. The Morgan fingerprint density at radius 3 is 2.58 bits per heavy atom. The van der Waals surface area contributed by atoms with Gasteiger partial charge < -0.3 is 25.7 Å². The number of nitrogens with one attached hydrogen (secondary N) is 2. The summed E-state index contributed by atoms with van der Waals surface area (Å²) in [7, 11) is 3.75. The molecule has 0 aliphatic rings. The number of hydrogen-bond acceptors (Lipinski definition) is 4. The van der Waals surface area contributed by atoms with Crippen LogP contribution in [0.5, 0.6) is 5.75 Å². The summed E-state index contributed by atoms with van der Waals surface area (Å²) in [6, 6.07) is 3.62. The first-order valence-electron chi connectivity index (χ1n) is 5.66. The zero-order chi connectivity index (χ0) is 14.4. The number of carbonyl (C=O) groups is 2. The van der Waals surface area contributed by atoms with Crippen molar-refractivity contribution in [2.24, 2.45) is 0 Å². The van der Waals surface area contributed by atoms with Crippen molar-refractivity contribution in [1.82, 2.24) is 10.2 Å². The van der Waals surface area contributed by atoms with E-state index in [0.29, 0.717) is 13.1 Å². The number of para-hydroxylation sites is 1.